The summed E-state index contributed by atoms with van der Waals surface area (Å²) in [6.07, 6.45) is 3.61. The summed E-state index contributed by atoms with van der Waals surface area (Å²) in [5, 5.41) is 14.7. The van der Waals surface area contributed by atoms with E-state index in [1.807, 2.05) is 18.7 Å². The number of nitrogens with zero attached hydrogens (tertiary/aromatic N) is 3. The molecule has 1 unspecified atom stereocenters. The van der Waals surface area contributed by atoms with Gasteiger partial charge in [0.05, 0.1) is 0 Å². The Morgan fingerprint density at radius 1 is 1.53 bits per heavy atom. The summed E-state index contributed by atoms with van der Waals surface area (Å²) >= 11 is 0. The molecule has 1 aromatic heterocycles. The zero-order valence-corrected chi connectivity index (χ0v) is 9.45. The summed E-state index contributed by atoms with van der Waals surface area (Å²) in [5.41, 5.74) is 0. The molecule has 5 nitrogen and oxygen atoms in total. The molecule has 0 radical (unpaired) electrons. The molecule has 1 fully saturated rings. The van der Waals surface area contributed by atoms with E-state index in [4.69, 9.17) is 0 Å². The topological polar surface area (TPSA) is 54.8 Å². The minimum atomic E-state index is 0.714. The average molecular weight is 209 g/mol. The van der Waals surface area contributed by atoms with E-state index in [-0.39, 0.29) is 0 Å². The van der Waals surface area contributed by atoms with Gasteiger partial charge in [-0.05, 0) is 31.8 Å². The van der Waals surface area contributed by atoms with E-state index >= 15 is 0 Å². The quantitative estimate of drug-likeness (QED) is 0.756. The molecule has 84 valence electrons. The highest BCUT2D eigenvalue weighted by atomic mass is 15.3. The zero-order valence-electron chi connectivity index (χ0n) is 9.45. The molecule has 0 bridgehead atoms. The van der Waals surface area contributed by atoms with Crippen LogP contribution < -0.4 is 10.6 Å². The van der Waals surface area contributed by atoms with Crippen molar-refractivity contribution in [3.8, 4) is 0 Å². The van der Waals surface area contributed by atoms with Crippen LogP contribution in [0.3, 0.4) is 0 Å². The van der Waals surface area contributed by atoms with E-state index in [1.54, 1.807) is 0 Å². The van der Waals surface area contributed by atoms with Gasteiger partial charge in [0.15, 0.2) is 0 Å². The number of nitrogens with one attached hydrogen (secondary N) is 2. The van der Waals surface area contributed by atoms with Gasteiger partial charge in [0, 0.05) is 20.5 Å². The van der Waals surface area contributed by atoms with E-state index in [0.717, 1.165) is 31.3 Å². The maximum atomic E-state index is 4.20. The van der Waals surface area contributed by atoms with Gasteiger partial charge in [-0.25, -0.2) is 0 Å². The molecule has 1 aliphatic rings. The van der Waals surface area contributed by atoms with Gasteiger partial charge in [-0.2, -0.15) is 0 Å². The fourth-order valence-electron chi connectivity index (χ4n) is 2.11. The van der Waals surface area contributed by atoms with Crippen molar-refractivity contribution in [1.82, 2.24) is 20.1 Å². The predicted molar refractivity (Wildman–Crippen MR) is 59.8 cm³/mol. The van der Waals surface area contributed by atoms with Crippen LogP contribution in [0.15, 0.2) is 0 Å². The van der Waals surface area contributed by atoms with Crippen molar-refractivity contribution in [1.29, 1.82) is 0 Å². The Balaban J connectivity index is 2.00. The van der Waals surface area contributed by atoms with Crippen molar-refractivity contribution < 1.29 is 0 Å². The summed E-state index contributed by atoms with van der Waals surface area (Å²) in [6.45, 7) is 2.28. The molecule has 0 amide bonds. The first-order valence-corrected chi connectivity index (χ1v) is 5.58. The average Bonchev–Trinajstić information content (AvgIpc) is 2.62. The number of hydrogen-bond donors (Lipinski definition) is 2. The Kier molecular flexibility index (Phi) is 3.20. The molecule has 1 atom stereocenters. The first-order valence-electron chi connectivity index (χ1n) is 5.58. The molecule has 0 aromatic carbocycles. The predicted octanol–water partition coefficient (Wildman–Crippen LogP) is 0.399. The van der Waals surface area contributed by atoms with E-state index < -0.39 is 0 Å². The Labute approximate surface area is 90.3 Å². The SMILES string of the molecule is CNc1nnc(CC2CCCNC2)n1C. The molecule has 0 spiro atoms. The van der Waals surface area contributed by atoms with Crippen LogP contribution in [0.5, 0.6) is 0 Å². The standard InChI is InChI=1S/C10H19N5/c1-11-10-14-13-9(15(10)2)6-8-4-3-5-12-7-8/h8,12H,3-7H2,1-2H3,(H,11,14). The zero-order chi connectivity index (χ0) is 10.7. The van der Waals surface area contributed by atoms with Gasteiger partial charge in [0.1, 0.15) is 5.82 Å². The molecule has 5 heteroatoms. The van der Waals surface area contributed by atoms with Gasteiger partial charge >= 0.3 is 0 Å². The number of anilines is 1. The maximum absolute atomic E-state index is 4.20. The molecule has 15 heavy (non-hydrogen) atoms. The van der Waals surface area contributed by atoms with Crippen molar-refractivity contribution in [2.24, 2.45) is 13.0 Å². The fraction of sp³-hybridized carbons (Fsp3) is 0.800. The first-order chi connectivity index (χ1) is 7.31. The van der Waals surface area contributed by atoms with Crippen molar-refractivity contribution >= 4 is 5.95 Å². The Morgan fingerprint density at radius 2 is 2.40 bits per heavy atom. The normalized spacial score (nSPS) is 21.6. The molecule has 2 N–H and O–H groups in total. The van der Waals surface area contributed by atoms with Gasteiger partial charge in [0.25, 0.3) is 0 Å². The maximum Gasteiger partial charge on any atom is 0.224 e. The molecule has 1 aliphatic heterocycles. The Bertz CT molecular complexity index is 314. The fourth-order valence-corrected chi connectivity index (χ4v) is 2.11. The van der Waals surface area contributed by atoms with Crippen LogP contribution in [0.1, 0.15) is 18.7 Å². The van der Waals surface area contributed by atoms with Crippen LogP contribution in [0.4, 0.5) is 5.95 Å². The minimum absolute atomic E-state index is 0.714. The van der Waals surface area contributed by atoms with Gasteiger partial charge in [-0.1, -0.05) is 0 Å². The monoisotopic (exact) mass is 209 g/mol. The summed E-state index contributed by atoms with van der Waals surface area (Å²) in [4.78, 5) is 0. The third-order valence-electron chi connectivity index (χ3n) is 3.06. The number of hydrogen-bond acceptors (Lipinski definition) is 4. The van der Waals surface area contributed by atoms with Gasteiger partial charge in [-0.3, -0.25) is 0 Å². The Hall–Kier alpha value is -1.10. The molecule has 0 aliphatic carbocycles. The first kappa shape index (κ1) is 10.4. The molecular formula is C10H19N5. The molecule has 1 aromatic rings. The molecule has 1 saturated heterocycles. The number of aromatic nitrogens is 3. The van der Waals surface area contributed by atoms with E-state index in [9.17, 15) is 0 Å². The van der Waals surface area contributed by atoms with Gasteiger partial charge in [-0.15, -0.1) is 10.2 Å². The second-order valence-corrected chi connectivity index (χ2v) is 4.17. The van der Waals surface area contributed by atoms with Crippen LogP contribution in [-0.4, -0.2) is 34.9 Å². The second-order valence-electron chi connectivity index (χ2n) is 4.17. The van der Waals surface area contributed by atoms with Crippen LogP contribution in [0.25, 0.3) is 0 Å². The van der Waals surface area contributed by atoms with E-state index in [0.29, 0.717) is 5.92 Å². The van der Waals surface area contributed by atoms with Crippen molar-refractivity contribution in [2.45, 2.75) is 19.3 Å². The Morgan fingerprint density at radius 3 is 3.00 bits per heavy atom. The smallest absolute Gasteiger partial charge is 0.224 e. The highest BCUT2D eigenvalue weighted by Gasteiger charge is 2.17. The van der Waals surface area contributed by atoms with Crippen LogP contribution in [-0.2, 0) is 13.5 Å². The highest BCUT2D eigenvalue weighted by Crippen LogP contribution is 2.16. The number of piperidine rings is 1. The third kappa shape index (κ3) is 2.28. The van der Waals surface area contributed by atoms with Crippen LogP contribution >= 0.6 is 0 Å². The van der Waals surface area contributed by atoms with Crippen LogP contribution in [0.2, 0.25) is 0 Å². The lowest BCUT2D eigenvalue weighted by atomic mass is 9.96. The highest BCUT2D eigenvalue weighted by molar-refractivity contribution is 5.23. The second kappa shape index (κ2) is 4.61. The summed E-state index contributed by atoms with van der Waals surface area (Å²) in [6, 6.07) is 0. The lowest BCUT2D eigenvalue weighted by Gasteiger charge is -2.22. The molecule has 2 heterocycles. The van der Waals surface area contributed by atoms with Crippen molar-refractivity contribution in [2.75, 3.05) is 25.5 Å². The lowest BCUT2D eigenvalue weighted by Crippen LogP contribution is -2.31. The summed E-state index contributed by atoms with van der Waals surface area (Å²) in [7, 11) is 3.88. The minimum Gasteiger partial charge on any atom is -0.357 e. The summed E-state index contributed by atoms with van der Waals surface area (Å²) < 4.78 is 2.04. The van der Waals surface area contributed by atoms with Gasteiger partial charge < -0.3 is 15.2 Å². The summed E-state index contributed by atoms with van der Waals surface area (Å²) in [5.74, 6) is 2.63. The molecular weight excluding hydrogens is 190 g/mol. The molecule has 2 rings (SSSR count). The third-order valence-corrected chi connectivity index (χ3v) is 3.06. The van der Waals surface area contributed by atoms with E-state index in [2.05, 4.69) is 20.8 Å². The molecule has 0 saturated carbocycles. The number of rotatable bonds is 3. The largest absolute Gasteiger partial charge is 0.357 e. The lowest BCUT2D eigenvalue weighted by molar-refractivity contribution is 0.368. The van der Waals surface area contributed by atoms with Crippen molar-refractivity contribution in [3.05, 3.63) is 5.82 Å². The van der Waals surface area contributed by atoms with Crippen molar-refractivity contribution in [3.63, 3.8) is 0 Å². The van der Waals surface area contributed by atoms with Gasteiger partial charge in [0.2, 0.25) is 5.95 Å². The van der Waals surface area contributed by atoms with Crippen LogP contribution in [0, 0.1) is 5.92 Å². The van der Waals surface area contributed by atoms with E-state index in [1.165, 1.54) is 12.8 Å².